The van der Waals surface area contributed by atoms with Crippen LogP contribution in [0, 0.1) is 5.82 Å². The summed E-state index contributed by atoms with van der Waals surface area (Å²) in [6.07, 6.45) is 0. The minimum Gasteiger partial charge on any atom is -0.299 e. The molecule has 0 bridgehead atoms. The lowest BCUT2D eigenvalue weighted by atomic mass is 10.0. The van der Waals surface area contributed by atoms with Crippen LogP contribution in [0.25, 0.3) is 0 Å². The van der Waals surface area contributed by atoms with E-state index in [2.05, 4.69) is 0 Å². The predicted octanol–water partition coefficient (Wildman–Crippen LogP) is 2.74. The smallest absolute Gasteiger partial charge is 0.299 e. The van der Waals surface area contributed by atoms with Gasteiger partial charge in [0.1, 0.15) is 11.9 Å². The van der Waals surface area contributed by atoms with E-state index < -0.39 is 30.2 Å². The molecule has 1 aliphatic heterocycles. The molecule has 1 aromatic rings. The van der Waals surface area contributed by atoms with E-state index in [-0.39, 0.29) is 5.56 Å². The molecule has 0 aliphatic carbocycles. The Morgan fingerprint density at radius 2 is 1.88 bits per heavy atom. The Kier molecular flexibility index (Phi) is 2.41. The van der Waals surface area contributed by atoms with Crippen LogP contribution in [0.5, 0.6) is 0 Å². The average Bonchev–Trinajstić information content (AvgIpc) is 2.37. The Hall–Kier alpha value is -1.17. The van der Waals surface area contributed by atoms with Crippen LogP contribution in [-0.2, 0) is 0 Å². The van der Waals surface area contributed by atoms with Crippen molar-refractivity contribution in [2.45, 2.75) is 17.9 Å². The fourth-order valence-electron chi connectivity index (χ4n) is 1.70. The van der Waals surface area contributed by atoms with Crippen molar-refractivity contribution in [3.05, 3.63) is 35.6 Å². The van der Waals surface area contributed by atoms with E-state index in [1.165, 1.54) is 12.1 Å². The fourth-order valence-corrected chi connectivity index (χ4v) is 1.70. The number of hydrogen-bond donors (Lipinski definition) is 1. The molecule has 2 rings (SSSR count). The highest BCUT2D eigenvalue weighted by Gasteiger charge is 2.66. The van der Waals surface area contributed by atoms with Crippen LogP contribution in [0.3, 0.4) is 0 Å². The molecule has 1 aromatic carbocycles. The molecular formula is C10H8F5N. The molecule has 16 heavy (non-hydrogen) atoms. The molecule has 1 nitrogen and oxygen atoms in total. The van der Waals surface area contributed by atoms with Crippen LogP contribution in [0.4, 0.5) is 22.0 Å². The first-order chi connectivity index (χ1) is 7.34. The fraction of sp³-hybridized carbons (Fsp3) is 0.400. The third-order valence-electron chi connectivity index (χ3n) is 2.56. The van der Waals surface area contributed by atoms with Crippen LogP contribution in [0.2, 0.25) is 0 Å². The van der Waals surface area contributed by atoms with Gasteiger partial charge in [-0.15, -0.1) is 0 Å². The third-order valence-corrected chi connectivity index (χ3v) is 2.56. The molecular weight excluding hydrogens is 229 g/mol. The lowest BCUT2D eigenvalue weighted by molar-refractivity contribution is -0.187. The van der Waals surface area contributed by atoms with Gasteiger partial charge < -0.3 is 0 Å². The second kappa shape index (κ2) is 3.41. The van der Waals surface area contributed by atoms with Crippen LogP contribution in [0.15, 0.2) is 24.3 Å². The monoisotopic (exact) mass is 237 g/mol. The lowest BCUT2D eigenvalue weighted by Crippen LogP contribution is -2.40. The Morgan fingerprint density at radius 1 is 1.19 bits per heavy atom. The Labute approximate surface area is 88.3 Å². The van der Waals surface area contributed by atoms with Crippen molar-refractivity contribution in [2.24, 2.45) is 0 Å². The van der Waals surface area contributed by atoms with Crippen molar-refractivity contribution in [1.82, 2.24) is 5.32 Å². The summed E-state index contributed by atoms with van der Waals surface area (Å²) < 4.78 is 65.0. The second-order valence-corrected chi connectivity index (χ2v) is 3.70. The molecule has 0 spiro atoms. The van der Waals surface area contributed by atoms with E-state index in [1.807, 2.05) is 5.32 Å². The van der Waals surface area contributed by atoms with Crippen LogP contribution >= 0.6 is 0 Å². The zero-order valence-corrected chi connectivity index (χ0v) is 7.98. The highest BCUT2D eigenvalue weighted by Crippen LogP contribution is 2.47. The molecule has 1 fully saturated rings. The third kappa shape index (κ3) is 1.57. The van der Waals surface area contributed by atoms with Gasteiger partial charge in [-0.1, -0.05) is 12.1 Å². The predicted molar refractivity (Wildman–Crippen MR) is 47.0 cm³/mol. The summed E-state index contributed by atoms with van der Waals surface area (Å²) in [6, 6.07) is 2.44. The van der Waals surface area contributed by atoms with Gasteiger partial charge >= 0.3 is 11.8 Å². The highest BCUT2D eigenvalue weighted by molar-refractivity contribution is 5.25. The number of benzene rings is 1. The molecule has 1 aliphatic rings. The van der Waals surface area contributed by atoms with Gasteiger partial charge in [-0.3, -0.25) is 5.32 Å². The standard InChI is InChI=1S/C10H8F5N/c11-7-3-1-2-6(4-7)8-10(14,15)9(12,13)5-16-8/h1-4,8,16H,5H2. The molecule has 6 heteroatoms. The van der Waals surface area contributed by atoms with Gasteiger partial charge in [-0.05, 0) is 17.7 Å². The Morgan fingerprint density at radius 3 is 2.38 bits per heavy atom. The molecule has 1 N–H and O–H groups in total. The largest absolute Gasteiger partial charge is 0.330 e. The number of alkyl halides is 4. The number of halogens is 5. The highest BCUT2D eigenvalue weighted by atomic mass is 19.3. The topological polar surface area (TPSA) is 12.0 Å². The summed E-state index contributed by atoms with van der Waals surface area (Å²) in [5, 5.41) is 2.01. The van der Waals surface area contributed by atoms with Crippen LogP contribution in [-0.4, -0.2) is 18.4 Å². The minimum absolute atomic E-state index is 0.179. The summed E-state index contributed by atoms with van der Waals surface area (Å²) in [7, 11) is 0. The van der Waals surface area contributed by atoms with Crippen molar-refractivity contribution < 1.29 is 22.0 Å². The SMILES string of the molecule is Fc1cccc(C2NCC(F)(F)C2(F)F)c1. The summed E-state index contributed by atoms with van der Waals surface area (Å²) in [4.78, 5) is 0. The maximum absolute atomic E-state index is 13.3. The lowest BCUT2D eigenvalue weighted by Gasteiger charge is -2.23. The van der Waals surface area contributed by atoms with Gasteiger partial charge in [0.25, 0.3) is 0 Å². The van der Waals surface area contributed by atoms with Crippen molar-refractivity contribution >= 4 is 0 Å². The van der Waals surface area contributed by atoms with Crippen LogP contribution in [0.1, 0.15) is 11.6 Å². The molecule has 0 saturated carbocycles. The summed E-state index contributed by atoms with van der Waals surface area (Å²) in [6.45, 7) is -1.11. The molecule has 1 saturated heterocycles. The summed E-state index contributed by atoms with van der Waals surface area (Å²) in [5.41, 5.74) is -0.179. The quantitative estimate of drug-likeness (QED) is 0.740. The second-order valence-electron chi connectivity index (χ2n) is 3.70. The van der Waals surface area contributed by atoms with Gasteiger partial charge in [0, 0.05) is 0 Å². The normalized spacial score (nSPS) is 26.9. The van der Waals surface area contributed by atoms with Gasteiger partial charge in [0.15, 0.2) is 0 Å². The number of nitrogens with one attached hydrogen (secondary N) is 1. The Balaban J connectivity index is 2.37. The van der Waals surface area contributed by atoms with Crippen LogP contribution < -0.4 is 5.32 Å². The van der Waals surface area contributed by atoms with Gasteiger partial charge in [-0.2, -0.15) is 17.6 Å². The maximum Gasteiger partial charge on any atom is 0.330 e. The average molecular weight is 237 g/mol. The maximum atomic E-state index is 13.3. The molecule has 1 atom stereocenters. The zero-order chi connectivity index (χ0) is 12.0. The van der Waals surface area contributed by atoms with E-state index in [1.54, 1.807) is 0 Å². The van der Waals surface area contributed by atoms with E-state index in [9.17, 15) is 22.0 Å². The van der Waals surface area contributed by atoms with Gasteiger partial charge in [0.05, 0.1) is 6.54 Å². The van der Waals surface area contributed by atoms with Gasteiger partial charge in [0.2, 0.25) is 0 Å². The molecule has 0 amide bonds. The number of rotatable bonds is 1. The van der Waals surface area contributed by atoms with Crippen molar-refractivity contribution in [3.8, 4) is 0 Å². The van der Waals surface area contributed by atoms with Gasteiger partial charge in [-0.25, -0.2) is 4.39 Å². The van der Waals surface area contributed by atoms with Crippen molar-refractivity contribution in [3.63, 3.8) is 0 Å². The molecule has 1 unspecified atom stereocenters. The molecule has 0 aromatic heterocycles. The molecule has 1 heterocycles. The van der Waals surface area contributed by atoms with Crippen molar-refractivity contribution in [2.75, 3.05) is 6.54 Å². The van der Waals surface area contributed by atoms with E-state index in [4.69, 9.17) is 0 Å². The Bertz CT molecular complexity index is 404. The van der Waals surface area contributed by atoms with Crippen molar-refractivity contribution in [1.29, 1.82) is 0 Å². The minimum atomic E-state index is -4.21. The summed E-state index contributed by atoms with van der Waals surface area (Å²) >= 11 is 0. The zero-order valence-electron chi connectivity index (χ0n) is 7.98. The molecule has 88 valence electrons. The van der Waals surface area contributed by atoms with E-state index in [0.29, 0.717) is 0 Å². The number of hydrogen-bond acceptors (Lipinski definition) is 1. The first kappa shape index (κ1) is 11.3. The van der Waals surface area contributed by atoms with E-state index in [0.717, 1.165) is 12.1 Å². The molecule has 0 radical (unpaired) electrons. The summed E-state index contributed by atoms with van der Waals surface area (Å²) in [5.74, 6) is -9.05. The first-order valence-electron chi connectivity index (χ1n) is 4.59. The van der Waals surface area contributed by atoms with E-state index >= 15 is 0 Å². The first-order valence-corrected chi connectivity index (χ1v) is 4.59.